The number of rotatable bonds is 5. The van der Waals surface area contributed by atoms with Crippen molar-refractivity contribution >= 4 is 11.5 Å². The van der Waals surface area contributed by atoms with Gasteiger partial charge in [0.15, 0.2) is 11.5 Å². The van der Waals surface area contributed by atoms with Crippen molar-refractivity contribution in [3.63, 3.8) is 0 Å². The largest absolute Gasteiger partial charge is 0.616 e. The molecule has 0 saturated carbocycles. The molecule has 104 valence electrons. The highest BCUT2D eigenvalue weighted by molar-refractivity contribution is 6.16. The summed E-state index contributed by atoms with van der Waals surface area (Å²) in [5.74, 6) is -0.677. The average Bonchev–Trinajstić information content (AvgIpc) is 2.46. The Morgan fingerprint density at radius 3 is 2.11 bits per heavy atom. The van der Waals surface area contributed by atoms with E-state index in [-0.39, 0.29) is 5.57 Å². The number of methoxy groups -OCH3 is 4. The van der Waals surface area contributed by atoms with Crippen LogP contribution < -0.4 is 14.6 Å². The highest BCUT2D eigenvalue weighted by Crippen LogP contribution is 2.31. The Morgan fingerprint density at radius 1 is 1.00 bits per heavy atom. The maximum atomic E-state index is 11.6. The highest BCUT2D eigenvalue weighted by Gasteiger charge is 2.17. The summed E-state index contributed by atoms with van der Waals surface area (Å²) in [7, 11) is 5.32. The Bertz CT molecular complexity index is 492. The Labute approximate surface area is 111 Å². The van der Waals surface area contributed by atoms with Gasteiger partial charge < -0.3 is 24.1 Å². The summed E-state index contributed by atoms with van der Waals surface area (Å²) in [6, 6.07) is 4.63. The van der Waals surface area contributed by atoms with Gasteiger partial charge >= 0.3 is 5.97 Å². The van der Waals surface area contributed by atoms with Crippen molar-refractivity contribution in [3.8, 4) is 11.5 Å². The minimum atomic E-state index is -0.779. The van der Waals surface area contributed by atoms with Crippen LogP contribution in [0, 0.1) is 0 Å². The van der Waals surface area contributed by atoms with Crippen LogP contribution in [-0.4, -0.2) is 34.4 Å². The van der Waals surface area contributed by atoms with E-state index < -0.39 is 11.9 Å². The van der Waals surface area contributed by atoms with E-state index >= 15 is 0 Å². The van der Waals surface area contributed by atoms with Gasteiger partial charge in [0.1, 0.15) is 0 Å². The van der Waals surface area contributed by atoms with Crippen LogP contribution in [0.15, 0.2) is 24.1 Å². The van der Waals surface area contributed by atoms with E-state index in [0.29, 0.717) is 17.1 Å². The van der Waals surface area contributed by atoms with Crippen LogP contribution >= 0.6 is 0 Å². The van der Waals surface area contributed by atoms with Crippen molar-refractivity contribution in [2.24, 2.45) is 0 Å². The maximum Gasteiger partial charge on any atom is 0.340 e. The van der Waals surface area contributed by atoms with E-state index in [1.165, 1.54) is 34.5 Å². The van der Waals surface area contributed by atoms with Gasteiger partial charge in [-0.3, -0.25) is 0 Å². The lowest BCUT2D eigenvalue weighted by Crippen LogP contribution is -2.16. The summed E-state index contributed by atoms with van der Waals surface area (Å²) in [6.07, 6.45) is 0. The van der Waals surface area contributed by atoms with E-state index in [1.54, 1.807) is 12.1 Å². The van der Waals surface area contributed by atoms with Gasteiger partial charge in [-0.05, 0) is 24.8 Å². The van der Waals surface area contributed by atoms with E-state index in [0.717, 1.165) is 0 Å². The Balaban J connectivity index is 3.36. The summed E-state index contributed by atoms with van der Waals surface area (Å²) in [6.45, 7) is 0. The van der Waals surface area contributed by atoms with Gasteiger partial charge in [0.25, 0.3) is 0 Å². The van der Waals surface area contributed by atoms with Crippen molar-refractivity contribution in [1.29, 1.82) is 0 Å². The summed E-state index contributed by atoms with van der Waals surface area (Å²) < 4.78 is 19.3. The van der Waals surface area contributed by atoms with Crippen LogP contribution in [0.4, 0.5) is 0 Å². The van der Waals surface area contributed by atoms with Crippen LogP contribution in [0.3, 0.4) is 0 Å². The molecule has 0 radical (unpaired) electrons. The van der Waals surface area contributed by atoms with Crippen LogP contribution in [0.25, 0.3) is 5.57 Å². The fraction of sp³-hybridized carbons (Fsp3) is 0.308. The SMILES string of the molecule is COC(=O)/C(=C(/[O-])OC)c1ccc(OC)c(OC)c1. The molecule has 0 atom stereocenters. The molecule has 0 aromatic heterocycles. The van der Waals surface area contributed by atoms with Crippen LogP contribution in [0.5, 0.6) is 11.5 Å². The molecule has 0 saturated heterocycles. The third kappa shape index (κ3) is 3.09. The van der Waals surface area contributed by atoms with E-state index in [4.69, 9.17) is 9.47 Å². The molecular weight excluding hydrogens is 252 g/mol. The second-order valence-corrected chi connectivity index (χ2v) is 3.43. The summed E-state index contributed by atoms with van der Waals surface area (Å²) in [5, 5.41) is 11.6. The molecular formula is C13H15O6-. The zero-order valence-corrected chi connectivity index (χ0v) is 11.2. The first kappa shape index (κ1) is 14.7. The van der Waals surface area contributed by atoms with Crippen molar-refractivity contribution in [3.05, 3.63) is 29.7 Å². The van der Waals surface area contributed by atoms with Crippen molar-refractivity contribution in [2.45, 2.75) is 0 Å². The zero-order chi connectivity index (χ0) is 14.4. The van der Waals surface area contributed by atoms with Crippen LogP contribution in [-0.2, 0) is 14.3 Å². The van der Waals surface area contributed by atoms with Gasteiger partial charge in [0.05, 0.1) is 32.8 Å². The Kier molecular flexibility index (Phi) is 5.05. The van der Waals surface area contributed by atoms with E-state index in [9.17, 15) is 9.90 Å². The first-order chi connectivity index (χ1) is 9.08. The zero-order valence-electron chi connectivity index (χ0n) is 11.2. The standard InChI is InChI=1S/C13H16O6/c1-16-9-6-5-8(7-10(9)17-2)11(12(14)18-3)13(15)19-4/h5-7,14H,1-4H3/p-1/b12-11-. The molecule has 0 N–H and O–H groups in total. The summed E-state index contributed by atoms with van der Waals surface area (Å²) in [5.41, 5.74) is 0.127. The smallest absolute Gasteiger partial charge is 0.340 e. The van der Waals surface area contributed by atoms with E-state index in [2.05, 4.69) is 9.47 Å². The molecule has 0 spiro atoms. The first-order valence-corrected chi connectivity index (χ1v) is 5.35. The first-order valence-electron chi connectivity index (χ1n) is 5.35. The summed E-state index contributed by atoms with van der Waals surface area (Å²) in [4.78, 5) is 11.6. The molecule has 0 fully saturated rings. The molecule has 1 rings (SSSR count). The number of hydrogen-bond acceptors (Lipinski definition) is 6. The number of carbonyl (C=O) groups is 1. The third-order valence-electron chi connectivity index (χ3n) is 2.45. The lowest BCUT2D eigenvalue weighted by Gasteiger charge is -2.16. The lowest BCUT2D eigenvalue weighted by molar-refractivity contribution is -0.351. The molecule has 1 aromatic carbocycles. The number of hydrogen-bond donors (Lipinski definition) is 0. The Morgan fingerprint density at radius 2 is 1.63 bits per heavy atom. The average molecular weight is 267 g/mol. The molecule has 0 bridgehead atoms. The minimum Gasteiger partial charge on any atom is -0.616 e. The molecule has 6 heteroatoms. The molecule has 6 nitrogen and oxygen atoms in total. The van der Waals surface area contributed by atoms with Gasteiger partial charge in [0, 0.05) is 0 Å². The van der Waals surface area contributed by atoms with Gasteiger partial charge in [0.2, 0.25) is 0 Å². The lowest BCUT2D eigenvalue weighted by atomic mass is 10.1. The van der Waals surface area contributed by atoms with Gasteiger partial charge in [-0.2, -0.15) is 0 Å². The van der Waals surface area contributed by atoms with Gasteiger partial charge in [-0.25, -0.2) is 4.79 Å². The maximum absolute atomic E-state index is 11.6. The monoisotopic (exact) mass is 267 g/mol. The molecule has 0 heterocycles. The molecule has 0 amide bonds. The topological polar surface area (TPSA) is 77.1 Å². The molecule has 0 aliphatic carbocycles. The Hall–Kier alpha value is -2.37. The quantitative estimate of drug-likeness (QED) is 0.440. The second-order valence-electron chi connectivity index (χ2n) is 3.43. The fourth-order valence-corrected chi connectivity index (χ4v) is 1.51. The third-order valence-corrected chi connectivity index (χ3v) is 2.45. The van der Waals surface area contributed by atoms with Crippen molar-refractivity contribution < 1.29 is 28.8 Å². The number of ether oxygens (including phenoxy) is 4. The molecule has 19 heavy (non-hydrogen) atoms. The number of carbonyl (C=O) groups excluding carboxylic acids is 1. The van der Waals surface area contributed by atoms with E-state index in [1.807, 2.05) is 0 Å². The second kappa shape index (κ2) is 6.53. The predicted octanol–water partition coefficient (Wildman–Crippen LogP) is 0.552. The van der Waals surface area contributed by atoms with Crippen LogP contribution in [0.2, 0.25) is 0 Å². The highest BCUT2D eigenvalue weighted by atomic mass is 16.6. The van der Waals surface area contributed by atoms with Crippen molar-refractivity contribution in [1.82, 2.24) is 0 Å². The molecule has 0 aliphatic rings. The summed E-state index contributed by atoms with van der Waals surface area (Å²) >= 11 is 0. The normalized spacial score (nSPS) is 11.4. The van der Waals surface area contributed by atoms with Gasteiger partial charge in [-0.1, -0.05) is 6.07 Å². The predicted molar refractivity (Wildman–Crippen MR) is 65.5 cm³/mol. The molecule has 0 unspecified atom stereocenters. The minimum absolute atomic E-state index is 0.203. The molecule has 0 aliphatic heterocycles. The van der Waals surface area contributed by atoms with Crippen molar-refractivity contribution in [2.75, 3.05) is 28.4 Å². The fourth-order valence-electron chi connectivity index (χ4n) is 1.51. The van der Waals surface area contributed by atoms with Crippen LogP contribution in [0.1, 0.15) is 5.56 Å². The number of esters is 1. The molecule has 1 aromatic rings. The van der Waals surface area contributed by atoms with Gasteiger partial charge in [-0.15, -0.1) is 0 Å². The number of benzene rings is 1.